The number of halogens is 2. The third-order valence-electron chi connectivity index (χ3n) is 2.59. The highest BCUT2D eigenvalue weighted by molar-refractivity contribution is 5.69. The minimum absolute atomic E-state index is 0.198. The first kappa shape index (κ1) is 15.6. The summed E-state index contributed by atoms with van der Waals surface area (Å²) in [7, 11) is 0. The van der Waals surface area contributed by atoms with E-state index in [0.717, 1.165) is 25.0 Å². The van der Waals surface area contributed by atoms with Gasteiger partial charge in [-0.05, 0) is 24.1 Å². The molecule has 1 N–H and O–H groups in total. The van der Waals surface area contributed by atoms with E-state index in [4.69, 9.17) is 4.74 Å². The second-order valence-corrected chi connectivity index (χ2v) is 4.25. The summed E-state index contributed by atoms with van der Waals surface area (Å²) in [6.07, 6.45) is 2.24. The Morgan fingerprint density at radius 1 is 1.32 bits per heavy atom. The number of benzene rings is 1. The largest absolute Gasteiger partial charge is 0.464 e. The molecular formula is C14H19F2NO2. The highest BCUT2D eigenvalue weighted by atomic mass is 19.2. The highest BCUT2D eigenvalue weighted by Crippen LogP contribution is 2.08. The standard InChI is InChI=1S/C14H19F2NO2/c1-2-3-4-14(18)19-8-7-17-10-11-5-6-12(15)13(16)9-11/h5-6,9,17H,2-4,7-8,10H2,1H3. The molecule has 0 atom stereocenters. The third kappa shape index (κ3) is 6.29. The van der Waals surface area contributed by atoms with Gasteiger partial charge in [0.25, 0.3) is 0 Å². The monoisotopic (exact) mass is 271 g/mol. The number of hydrogen-bond acceptors (Lipinski definition) is 3. The fourth-order valence-corrected chi connectivity index (χ4v) is 1.51. The van der Waals surface area contributed by atoms with E-state index in [1.165, 1.54) is 6.07 Å². The van der Waals surface area contributed by atoms with Gasteiger partial charge >= 0.3 is 5.97 Å². The molecule has 5 heteroatoms. The first-order valence-electron chi connectivity index (χ1n) is 6.43. The van der Waals surface area contributed by atoms with E-state index >= 15 is 0 Å². The summed E-state index contributed by atoms with van der Waals surface area (Å²) in [5.41, 5.74) is 0.649. The molecule has 0 aliphatic heterocycles. The quantitative estimate of drug-likeness (QED) is 0.583. The number of rotatable bonds is 8. The van der Waals surface area contributed by atoms with Crippen LogP contribution in [0.1, 0.15) is 31.7 Å². The third-order valence-corrected chi connectivity index (χ3v) is 2.59. The van der Waals surface area contributed by atoms with Gasteiger partial charge in [-0.1, -0.05) is 19.4 Å². The van der Waals surface area contributed by atoms with E-state index in [-0.39, 0.29) is 12.6 Å². The van der Waals surface area contributed by atoms with E-state index in [2.05, 4.69) is 5.32 Å². The second kappa shape index (κ2) is 8.58. The zero-order valence-electron chi connectivity index (χ0n) is 11.0. The highest BCUT2D eigenvalue weighted by Gasteiger charge is 2.03. The molecule has 0 aliphatic rings. The maximum Gasteiger partial charge on any atom is 0.305 e. The molecule has 0 aromatic heterocycles. The van der Waals surface area contributed by atoms with Gasteiger partial charge in [0.05, 0.1) is 0 Å². The minimum Gasteiger partial charge on any atom is -0.464 e. The first-order valence-corrected chi connectivity index (χ1v) is 6.43. The van der Waals surface area contributed by atoms with Crippen molar-refractivity contribution in [2.45, 2.75) is 32.7 Å². The molecule has 3 nitrogen and oxygen atoms in total. The van der Waals surface area contributed by atoms with Crippen molar-refractivity contribution in [1.82, 2.24) is 5.32 Å². The van der Waals surface area contributed by atoms with Gasteiger partial charge in [-0.25, -0.2) is 8.78 Å². The molecular weight excluding hydrogens is 252 g/mol. The SMILES string of the molecule is CCCCC(=O)OCCNCc1ccc(F)c(F)c1. The smallest absolute Gasteiger partial charge is 0.305 e. The fraction of sp³-hybridized carbons (Fsp3) is 0.500. The average molecular weight is 271 g/mol. The Morgan fingerprint density at radius 2 is 2.11 bits per heavy atom. The van der Waals surface area contributed by atoms with Crippen molar-refractivity contribution in [2.24, 2.45) is 0 Å². The molecule has 106 valence electrons. The molecule has 1 rings (SSSR count). The van der Waals surface area contributed by atoms with E-state index in [9.17, 15) is 13.6 Å². The lowest BCUT2D eigenvalue weighted by Gasteiger charge is -2.06. The van der Waals surface area contributed by atoms with Crippen LogP contribution < -0.4 is 5.32 Å². The summed E-state index contributed by atoms with van der Waals surface area (Å²) in [5, 5.41) is 2.99. The summed E-state index contributed by atoms with van der Waals surface area (Å²) < 4.78 is 30.6. The van der Waals surface area contributed by atoms with Crippen LogP contribution in [-0.2, 0) is 16.1 Å². The molecule has 19 heavy (non-hydrogen) atoms. The number of nitrogens with one attached hydrogen (secondary N) is 1. The van der Waals surface area contributed by atoms with Crippen LogP contribution in [0.4, 0.5) is 8.78 Å². The van der Waals surface area contributed by atoms with Crippen LogP contribution in [-0.4, -0.2) is 19.1 Å². The normalized spacial score (nSPS) is 10.5. The second-order valence-electron chi connectivity index (χ2n) is 4.25. The molecule has 0 heterocycles. The van der Waals surface area contributed by atoms with Gasteiger partial charge in [0.15, 0.2) is 11.6 Å². The van der Waals surface area contributed by atoms with Crippen molar-refractivity contribution in [3.63, 3.8) is 0 Å². The van der Waals surface area contributed by atoms with Gasteiger partial charge in [0, 0.05) is 19.5 Å². The summed E-state index contributed by atoms with van der Waals surface area (Å²) >= 11 is 0. The van der Waals surface area contributed by atoms with Crippen LogP contribution >= 0.6 is 0 Å². The van der Waals surface area contributed by atoms with E-state index in [0.29, 0.717) is 25.1 Å². The number of ether oxygens (including phenoxy) is 1. The van der Waals surface area contributed by atoms with E-state index in [1.807, 2.05) is 6.92 Å². The van der Waals surface area contributed by atoms with Crippen molar-refractivity contribution in [1.29, 1.82) is 0 Å². The summed E-state index contributed by atoms with van der Waals surface area (Å²) in [5.74, 6) is -1.91. The van der Waals surface area contributed by atoms with Crippen molar-refractivity contribution < 1.29 is 18.3 Å². The summed E-state index contributed by atoms with van der Waals surface area (Å²) in [6, 6.07) is 3.76. The molecule has 0 saturated carbocycles. The Morgan fingerprint density at radius 3 is 2.79 bits per heavy atom. The number of carbonyl (C=O) groups is 1. The Labute approximate surface area is 112 Å². The molecule has 0 unspecified atom stereocenters. The van der Waals surface area contributed by atoms with Crippen LogP contribution in [0.5, 0.6) is 0 Å². The molecule has 1 aromatic rings. The lowest BCUT2D eigenvalue weighted by Crippen LogP contribution is -2.21. The van der Waals surface area contributed by atoms with Gasteiger partial charge in [-0.3, -0.25) is 4.79 Å². The van der Waals surface area contributed by atoms with Gasteiger partial charge in [0.2, 0.25) is 0 Å². The van der Waals surface area contributed by atoms with Crippen LogP contribution in [0.25, 0.3) is 0 Å². The lowest BCUT2D eigenvalue weighted by molar-refractivity contribution is -0.143. The average Bonchev–Trinajstić information content (AvgIpc) is 2.40. The first-order chi connectivity index (χ1) is 9.13. The summed E-state index contributed by atoms with van der Waals surface area (Å²) in [4.78, 5) is 11.2. The number of hydrogen-bond donors (Lipinski definition) is 1. The van der Waals surface area contributed by atoms with Crippen molar-refractivity contribution in [3.8, 4) is 0 Å². The van der Waals surface area contributed by atoms with Crippen LogP contribution in [0.15, 0.2) is 18.2 Å². The molecule has 0 fully saturated rings. The van der Waals surface area contributed by atoms with Crippen LogP contribution in [0.2, 0.25) is 0 Å². The summed E-state index contributed by atoms with van der Waals surface area (Å²) in [6.45, 7) is 3.18. The fourth-order valence-electron chi connectivity index (χ4n) is 1.51. The Hall–Kier alpha value is -1.49. The Balaban J connectivity index is 2.13. The molecule has 1 aromatic carbocycles. The molecule has 0 saturated heterocycles. The van der Waals surface area contributed by atoms with Gasteiger partial charge in [-0.15, -0.1) is 0 Å². The zero-order valence-corrected chi connectivity index (χ0v) is 11.0. The predicted octanol–water partition coefficient (Wildman–Crippen LogP) is 2.79. The molecule has 0 spiro atoms. The Kier molecular flexibility index (Phi) is 7.03. The molecule has 0 amide bonds. The van der Waals surface area contributed by atoms with Crippen molar-refractivity contribution >= 4 is 5.97 Å². The molecule has 0 bridgehead atoms. The Bertz CT molecular complexity index is 410. The van der Waals surface area contributed by atoms with Crippen LogP contribution in [0.3, 0.4) is 0 Å². The predicted molar refractivity (Wildman–Crippen MR) is 68.5 cm³/mol. The number of unbranched alkanes of at least 4 members (excludes halogenated alkanes) is 1. The van der Waals surface area contributed by atoms with Crippen molar-refractivity contribution in [3.05, 3.63) is 35.4 Å². The molecule has 0 radical (unpaired) electrons. The van der Waals surface area contributed by atoms with Crippen molar-refractivity contribution in [2.75, 3.05) is 13.2 Å². The molecule has 0 aliphatic carbocycles. The maximum absolute atomic E-state index is 12.9. The number of carbonyl (C=O) groups excluding carboxylic acids is 1. The zero-order chi connectivity index (χ0) is 14.1. The van der Waals surface area contributed by atoms with Gasteiger partial charge in [-0.2, -0.15) is 0 Å². The topological polar surface area (TPSA) is 38.3 Å². The van der Waals surface area contributed by atoms with Gasteiger partial charge < -0.3 is 10.1 Å². The van der Waals surface area contributed by atoms with Crippen LogP contribution in [0, 0.1) is 11.6 Å². The minimum atomic E-state index is -0.856. The lowest BCUT2D eigenvalue weighted by atomic mass is 10.2. The van der Waals surface area contributed by atoms with Gasteiger partial charge in [0.1, 0.15) is 6.61 Å². The number of esters is 1. The van der Waals surface area contributed by atoms with E-state index in [1.54, 1.807) is 0 Å². The maximum atomic E-state index is 12.9. The van der Waals surface area contributed by atoms with E-state index < -0.39 is 11.6 Å².